The molecular formula is C25H25BrN2O8. The van der Waals surface area contributed by atoms with Gasteiger partial charge in [0.25, 0.3) is 0 Å². The number of rotatable bonds is 9. The van der Waals surface area contributed by atoms with Crippen LogP contribution in [0.15, 0.2) is 46.9 Å². The van der Waals surface area contributed by atoms with E-state index in [0.717, 1.165) is 0 Å². The number of carbonyl (C=O) groups is 3. The maximum atomic E-state index is 12.9. The molecule has 0 saturated heterocycles. The minimum atomic E-state index is -0.912. The van der Waals surface area contributed by atoms with E-state index in [-0.39, 0.29) is 35.1 Å². The lowest BCUT2D eigenvalue weighted by molar-refractivity contribution is -0.148. The monoisotopic (exact) mass is 560 g/mol. The third-order valence-electron chi connectivity index (χ3n) is 5.06. The summed E-state index contributed by atoms with van der Waals surface area (Å²) >= 11 is 3.46. The number of carbonyl (C=O) groups excluding carboxylic acids is 3. The molecule has 0 spiro atoms. The Morgan fingerprint density at radius 3 is 2.25 bits per heavy atom. The molecule has 10 nitrogen and oxygen atoms in total. The summed E-state index contributed by atoms with van der Waals surface area (Å²) in [6.07, 6.45) is -0.912. The van der Waals surface area contributed by atoms with E-state index in [9.17, 15) is 14.4 Å². The van der Waals surface area contributed by atoms with Crippen molar-refractivity contribution in [2.24, 2.45) is 0 Å². The summed E-state index contributed by atoms with van der Waals surface area (Å²) in [5.41, 5.74) is 0.924. The lowest BCUT2D eigenvalue weighted by atomic mass is 10.0. The molecule has 0 aliphatic carbocycles. The van der Waals surface area contributed by atoms with Crippen molar-refractivity contribution in [2.75, 3.05) is 27.9 Å². The van der Waals surface area contributed by atoms with Gasteiger partial charge in [-0.05, 0) is 54.0 Å². The molecule has 0 aliphatic rings. The molecule has 1 unspecified atom stereocenters. The SMILES string of the molecule is CCOc1cc(-c2nn(-c3ccccc3)c(C(=O)OC)c2C(=O)OC)cc(Br)c1OC(C)C(=O)OC. The average Bonchev–Trinajstić information content (AvgIpc) is 3.30. The van der Waals surface area contributed by atoms with Crippen molar-refractivity contribution in [3.05, 3.63) is 58.2 Å². The van der Waals surface area contributed by atoms with Crippen LogP contribution < -0.4 is 9.47 Å². The minimum Gasteiger partial charge on any atom is -0.490 e. The van der Waals surface area contributed by atoms with Crippen LogP contribution in [0.2, 0.25) is 0 Å². The predicted octanol–water partition coefficient (Wildman–Crippen LogP) is 4.21. The van der Waals surface area contributed by atoms with Gasteiger partial charge in [-0.25, -0.2) is 19.1 Å². The zero-order valence-electron chi connectivity index (χ0n) is 20.4. The summed E-state index contributed by atoms with van der Waals surface area (Å²) in [5.74, 6) is -1.57. The second kappa shape index (κ2) is 11.7. The zero-order chi connectivity index (χ0) is 26.4. The molecule has 11 heteroatoms. The molecule has 0 bridgehead atoms. The molecule has 0 amide bonds. The van der Waals surface area contributed by atoms with E-state index >= 15 is 0 Å². The fraction of sp³-hybridized carbons (Fsp3) is 0.280. The van der Waals surface area contributed by atoms with Gasteiger partial charge >= 0.3 is 17.9 Å². The predicted molar refractivity (Wildman–Crippen MR) is 133 cm³/mol. The molecule has 0 radical (unpaired) electrons. The Morgan fingerprint density at radius 1 is 1.00 bits per heavy atom. The minimum absolute atomic E-state index is 0.0841. The maximum Gasteiger partial charge on any atom is 0.357 e. The molecule has 0 aliphatic heterocycles. The second-order valence-corrected chi connectivity index (χ2v) is 8.16. The van der Waals surface area contributed by atoms with E-state index in [4.69, 9.17) is 23.7 Å². The molecule has 3 aromatic rings. The number of esters is 3. The van der Waals surface area contributed by atoms with Crippen LogP contribution in [-0.4, -0.2) is 61.7 Å². The van der Waals surface area contributed by atoms with Gasteiger partial charge in [-0.3, -0.25) is 0 Å². The van der Waals surface area contributed by atoms with Crippen LogP contribution in [0.3, 0.4) is 0 Å². The number of halogens is 1. The Hall–Kier alpha value is -3.86. The van der Waals surface area contributed by atoms with Crippen LogP contribution >= 0.6 is 15.9 Å². The van der Waals surface area contributed by atoms with Crippen molar-refractivity contribution in [1.29, 1.82) is 0 Å². The fourth-order valence-electron chi connectivity index (χ4n) is 3.43. The van der Waals surface area contributed by atoms with Crippen LogP contribution in [0, 0.1) is 0 Å². The van der Waals surface area contributed by atoms with Crippen LogP contribution in [-0.2, 0) is 19.0 Å². The summed E-state index contributed by atoms with van der Waals surface area (Å²) < 4.78 is 28.0. The van der Waals surface area contributed by atoms with Crippen molar-refractivity contribution >= 4 is 33.8 Å². The standard InChI is InChI=1S/C25H25BrN2O8/c1-6-35-18-13-15(12-17(26)22(18)36-14(2)23(29)32-3)20-19(24(30)33-4)21(25(31)34-5)28(27-20)16-10-8-7-9-11-16/h7-14H,6H2,1-5H3. The highest BCUT2D eigenvalue weighted by Gasteiger charge is 2.32. The summed E-state index contributed by atoms with van der Waals surface area (Å²) in [7, 11) is 3.68. The first kappa shape index (κ1) is 26.7. The number of para-hydroxylation sites is 1. The van der Waals surface area contributed by atoms with Crippen LogP contribution in [0.1, 0.15) is 34.7 Å². The van der Waals surface area contributed by atoms with Crippen molar-refractivity contribution in [3.8, 4) is 28.4 Å². The highest BCUT2D eigenvalue weighted by Crippen LogP contribution is 2.41. The normalized spacial score (nSPS) is 11.4. The third kappa shape index (κ3) is 5.35. The topological polar surface area (TPSA) is 115 Å². The van der Waals surface area contributed by atoms with Gasteiger partial charge in [0.05, 0.1) is 38.1 Å². The average molecular weight is 561 g/mol. The summed E-state index contributed by atoms with van der Waals surface area (Å²) in [6, 6.07) is 12.0. The largest absolute Gasteiger partial charge is 0.490 e. The molecule has 190 valence electrons. The number of methoxy groups -OCH3 is 3. The van der Waals surface area contributed by atoms with Crippen LogP contribution in [0.4, 0.5) is 0 Å². The molecule has 2 aromatic carbocycles. The van der Waals surface area contributed by atoms with E-state index in [0.29, 0.717) is 15.7 Å². The first-order valence-electron chi connectivity index (χ1n) is 10.8. The summed E-state index contributed by atoms with van der Waals surface area (Å²) in [5, 5.41) is 4.59. The Morgan fingerprint density at radius 2 is 1.67 bits per heavy atom. The Kier molecular flexibility index (Phi) is 8.70. The zero-order valence-corrected chi connectivity index (χ0v) is 22.0. The number of benzene rings is 2. The number of nitrogens with zero attached hydrogens (tertiary/aromatic N) is 2. The third-order valence-corrected chi connectivity index (χ3v) is 5.65. The van der Waals surface area contributed by atoms with Gasteiger partial charge in [0.2, 0.25) is 0 Å². The van der Waals surface area contributed by atoms with Crippen LogP contribution in [0.5, 0.6) is 11.5 Å². The molecule has 0 N–H and O–H groups in total. The summed E-state index contributed by atoms with van der Waals surface area (Å²) in [4.78, 5) is 37.6. The first-order chi connectivity index (χ1) is 17.3. The molecule has 3 rings (SSSR count). The van der Waals surface area contributed by atoms with Gasteiger partial charge < -0.3 is 23.7 Å². The molecule has 1 heterocycles. The van der Waals surface area contributed by atoms with Gasteiger partial charge in [0.15, 0.2) is 23.3 Å². The summed E-state index contributed by atoms with van der Waals surface area (Å²) in [6.45, 7) is 3.61. The molecule has 0 fully saturated rings. The van der Waals surface area contributed by atoms with Crippen molar-refractivity contribution in [2.45, 2.75) is 20.0 Å². The van der Waals surface area contributed by atoms with Crippen molar-refractivity contribution in [1.82, 2.24) is 9.78 Å². The van der Waals surface area contributed by atoms with E-state index in [1.165, 1.54) is 26.0 Å². The van der Waals surface area contributed by atoms with Crippen molar-refractivity contribution in [3.63, 3.8) is 0 Å². The van der Waals surface area contributed by atoms with Gasteiger partial charge in [-0.15, -0.1) is 0 Å². The van der Waals surface area contributed by atoms with Gasteiger partial charge in [0, 0.05) is 5.56 Å². The van der Waals surface area contributed by atoms with E-state index in [1.807, 2.05) is 6.07 Å². The highest BCUT2D eigenvalue weighted by atomic mass is 79.9. The van der Waals surface area contributed by atoms with E-state index in [1.54, 1.807) is 50.2 Å². The smallest absolute Gasteiger partial charge is 0.357 e. The molecule has 1 atom stereocenters. The van der Waals surface area contributed by atoms with E-state index in [2.05, 4.69) is 21.0 Å². The van der Waals surface area contributed by atoms with Gasteiger partial charge in [-0.2, -0.15) is 5.10 Å². The molecule has 1 aromatic heterocycles. The van der Waals surface area contributed by atoms with Crippen molar-refractivity contribution < 1.29 is 38.1 Å². The Bertz CT molecular complexity index is 1270. The number of aromatic nitrogens is 2. The number of hydrogen-bond acceptors (Lipinski definition) is 9. The van der Waals surface area contributed by atoms with Gasteiger partial charge in [0.1, 0.15) is 11.3 Å². The van der Waals surface area contributed by atoms with E-state index < -0.39 is 24.0 Å². The molecular weight excluding hydrogens is 536 g/mol. The molecule has 0 saturated carbocycles. The lowest BCUT2D eigenvalue weighted by Crippen LogP contribution is -2.25. The maximum absolute atomic E-state index is 12.9. The number of hydrogen-bond donors (Lipinski definition) is 0. The first-order valence-corrected chi connectivity index (χ1v) is 11.6. The number of ether oxygens (including phenoxy) is 5. The second-order valence-electron chi connectivity index (χ2n) is 7.30. The fourth-order valence-corrected chi connectivity index (χ4v) is 3.97. The lowest BCUT2D eigenvalue weighted by Gasteiger charge is -2.18. The quantitative estimate of drug-likeness (QED) is 0.280. The highest BCUT2D eigenvalue weighted by molar-refractivity contribution is 9.10. The van der Waals surface area contributed by atoms with Gasteiger partial charge in [-0.1, -0.05) is 18.2 Å². The Labute approximate surface area is 216 Å². The van der Waals surface area contributed by atoms with Crippen LogP contribution in [0.25, 0.3) is 16.9 Å². The molecule has 36 heavy (non-hydrogen) atoms. The Balaban J connectivity index is 2.28.